The van der Waals surface area contributed by atoms with Crippen molar-refractivity contribution in [1.29, 1.82) is 0 Å². The van der Waals surface area contributed by atoms with Gasteiger partial charge in [0, 0.05) is 18.7 Å². The number of fused-ring (bicyclic) bond motifs is 1. The van der Waals surface area contributed by atoms with Crippen molar-refractivity contribution in [2.75, 3.05) is 20.2 Å². The fraction of sp³-hybridized carbons (Fsp3) is 0.250. The monoisotopic (exact) mass is 302 g/mol. The van der Waals surface area contributed by atoms with Crippen LogP contribution in [0.15, 0.2) is 36.4 Å². The molecule has 0 aliphatic heterocycles. The average Bonchev–Trinajstić information content (AvgIpc) is 2.57. The molecular formula is C16H18N2O4. The SMILES string of the molecule is COC(=O)c1ccc2cc(C(=O)NCC(O)CN)ccc2c1. The molecule has 0 bridgehead atoms. The van der Waals surface area contributed by atoms with E-state index in [-0.39, 0.29) is 19.0 Å². The van der Waals surface area contributed by atoms with Crippen LogP contribution in [0.2, 0.25) is 0 Å². The number of esters is 1. The Morgan fingerprint density at radius 3 is 2.36 bits per heavy atom. The van der Waals surface area contributed by atoms with Gasteiger partial charge in [-0.05, 0) is 35.0 Å². The Morgan fingerprint density at radius 1 is 1.18 bits per heavy atom. The number of hydrogen-bond acceptors (Lipinski definition) is 5. The Bertz CT molecular complexity index is 700. The fourth-order valence-corrected chi connectivity index (χ4v) is 2.03. The van der Waals surface area contributed by atoms with Crippen LogP contribution in [0.4, 0.5) is 0 Å². The zero-order chi connectivity index (χ0) is 16.1. The number of benzene rings is 2. The third-order valence-electron chi connectivity index (χ3n) is 3.29. The smallest absolute Gasteiger partial charge is 0.337 e. The van der Waals surface area contributed by atoms with Crippen molar-refractivity contribution in [2.45, 2.75) is 6.10 Å². The van der Waals surface area contributed by atoms with Gasteiger partial charge in [-0.3, -0.25) is 4.79 Å². The Kier molecular flexibility index (Phi) is 5.08. The van der Waals surface area contributed by atoms with Crippen LogP contribution in [0, 0.1) is 0 Å². The van der Waals surface area contributed by atoms with E-state index in [1.807, 2.05) is 0 Å². The second-order valence-corrected chi connectivity index (χ2v) is 4.87. The van der Waals surface area contributed by atoms with E-state index in [0.29, 0.717) is 11.1 Å². The Hall–Kier alpha value is -2.44. The van der Waals surface area contributed by atoms with Crippen molar-refractivity contribution >= 4 is 22.6 Å². The van der Waals surface area contributed by atoms with E-state index in [1.165, 1.54) is 7.11 Å². The highest BCUT2D eigenvalue weighted by Crippen LogP contribution is 2.18. The van der Waals surface area contributed by atoms with Gasteiger partial charge in [0.25, 0.3) is 5.91 Å². The molecule has 0 heterocycles. The molecule has 0 aromatic heterocycles. The molecule has 0 spiro atoms. The van der Waals surface area contributed by atoms with Crippen LogP contribution in [-0.4, -0.2) is 43.3 Å². The second kappa shape index (κ2) is 7.02. The lowest BCUT2D eigenvalue weighted by Gasteiger charge is -2.10. The second-order valence-electron chi connectivity index (χ2n) is 4.87. The number of ether oxygens (including phenoxy) is 1. The molecule has 6 nitrogen and oxygen atoms in total. The minimum atomic E-state index is -0.757. The highest BCUT2D eigenvalue weighted by Gasteiger charge is 2.10. The molecule has 0 radical (unpaired) electrons. The van der Waals surface area contributed by atoms with Crippen LogP contribution in [0.25, 0.3) is 10.8 Å². The van der Waals surface area contributed by atoms with Crippen molar-refractivity contribution in [3.63, 3.8) is 0 Å². The zero-order valence-corrected chi connectivity index (χ0v) is 12.2. The summed E-state index contributed by atoms with van der Waals surface area (Å²) in [5.41, 5.74) is 6.21. The minimum absolute atomic E-state index is 0.0916. The van der Waals surface area contributed by atoms with Crippen LogP contribution in [0.1, 0.15) is 20.7 Å². The third kappa shape index (κ3) is 3.60. The first kappa shape index (κ1) is 15.9. The molecule has 1 amide bonds. The fourth-order valence-electron chi connectivity index (χ4n) is 2.03. The molecule has 0 fully saturated rings. The number of methoxy groups -OCH3 is 1. The molecule has 2 aromatic rings. The van der Waals surface area contributed by atoms with E-state index >= 15 is 0 Å². The lowest BCUT2D eigenvalue weighted by Crippen LogP contribution is -2.36. The molecule has 116 valence electrons. The van der Waals surface area contributed by atoms with Crippen LogP contribution < -0.4 is 11.1 Å². The van der Waals surface area contributed by atoms with Crippen molar-refractivity contribution < 1.29 is 19.4 Å². The quantitative estimate of drug-likeness (QED) is 0.705. The van der Waals surface area contributed by atoms with Crippen molar-refractivity contribution in [2.24, 2.45) is 5.73 Å². The number of nitrogens with one attached hydrogen (secondary N) is 1. The first-order valence-corrected chi connectivity index (χ1v) is 6.83. The highest BCUT2D eigenvalue weighted by atomic mass is 16.5. The van der Waals surface area contributed by atoms with Gasteiger partial charge < -0.3 is 20.9 Å². The van der Waals surface area contributed by atoms with Crippen molar-refractivity contribution in [1.82, 2.24) is 5.32 Å². The number of carbonyl (C=O) groups excluding carboxylic acids is 2. The van der Waals surface area contributed by atoms with Gasteiger partial charge in [-0.2, -0.15) is 0 Å². The number of rotatable bonds is 5. The summed E-state index contributed by atoms with van der Waals surface area (Å²) >= 11 is 0. The first-order valence-electron chi connectivity index (χ1n) is 6.83. The number of aliphatic hydroxyl groups is 1. The van der Waals surface area contributed by atoms with Crippen LogP contribution >= 0.6 is 0 Å². The Balaban J connectivity index is 2.20. The minimum Gasteiger partial charge on any atom is -0.465 e. The van der Waals surface area contributed by atoms with E-state index in [0.717, 1.165) is 10.8 Å². The zero-order valence-electron chi connectivity index (χ0n) is 12.2. The predicted octanol–water partition coefficient (Wildman–Crippen LogP) is 0.676. The molecular weight excluding hydrogens is 284 g/mol. The Morgan fingerprint density at radius 2 is 1.77 bits per heavy atom. The molecule has 4 N–H and O–H groups in total. The molecule has 1 atom stereocenters. The van der Waals surface area contributed by atoms with E-state index < -0.39 is 12.1 Å². The Labute approximate surface area is 127 Å². The number of hydrogen-bond donors (Lipinski definition) is 3. The summed E-state index contributed by atoms with van der Waals surface area (Å²) in [6.07, 6.45) is -0.757. The van der Waals surface area contributed by atoms with E-state index in [1.54, 1.807) is 36.4 Å². The lowest BCUT2D eigenvalue weighted by atomic mass is 10.0. The number of aliphatic hydroxyl groups excluding tert-OH is 1. The number of carbonyl (C=O) groups is 2. The van der Waals surface area contributed by atoms with Gasteiger partial charge >= 0.3 is 5.97 Å². The van der Waals surface area contributed by atoms with E-state index in [4.69, 9.17) is 5.73 Å². The molecule has 0 saturated carbocycles. The molecule has 22 heavy (non-hydrogen) atoms. The number of amides is 1. The van der Waals surface area contributed by atoms with Gasteiger partial charge in [-0.1, -0.05) is 12.1 Å². The molecule has 6 heteroatoms. The summed E-state index contributed by atoms with van der Waals surface area (Å²) in [4.78, 5) is 23.5. The summed E-state index contributed by atoms with van der Waals surface area (Å²) in [5, 5.41) is 13.6. The molecule has 1 unspecified atom stereocenters. The van der Waals surface area contributed by atoms with Gasteiger partial charge in [-0.15, -0.1) is 0 Å². The highest BCUT2D eigenvalue weighted by molar-refractivity contribution is 6.00. The van der Waals surface area contributed by atoms with Gasteiger partial charge in [0.05, 0.1) is 18.8 Å². The molecule has 0 aliphatic rings. The molecule has 2 rings (SSSR count). The predicted molar refractivity (Wildman–Crippen MR) is 82.7 cm³/mol. The molecule has 0 aliphatic carbocycles. The van der Waals surface area contributed by atoms with E-state index in [2.05, 4.69) is 10.1 Å². The lowest BCUT2D eigenvalue weighted by molar-refractivity contribution is 0.0600. The average molecular weight is 302 g/mol. The maximum atomic E-state index is 12.0. The maximum Gasteiger partial charge on any atom is 0.337 e. The van der Waals surface area contributed by atoms with Crippen LogP contribution in [-0.2, 0) is 4.74 Å². The normalized spacial score (nSPS) is 12.0. The summed E-state index contributed by atoms with van der Waals surface area (Å²) in [6.45, 7) is 0.197. The summed E-state index contributed by atoms with van der Waals surface area (Å²) in [7, 11) is 1.33. The van der Waals surface area contributed by atoms with E-state index in [9.17, 15) is 14.7 Å². The summed E-state index contributed by atoms with van der Waals surface area (Å²) in [5.74, 6) is -0.689. The summed E-state index contributed by atoms with van der Waals surface area (Å²) < 4.78 is 4.68. The van der Waals surface area contributed by atoms with Crippen LogP contribution in [0.3, 0.4) is 0 Å². The summed E-state index contributed by atoms with van der Waals surface area (Å²) in [6, 6.07) is 10.3. The van der Waals surface area contributed by atoms with Gasteiger partial charge in [0.1, 0.15) is 0 Å². The van der Waals surface area contributed by atoms with Gasteiger partial charge in [0.2, 0.25) is 0 Å². The first-order chi connectivity index (χ1) is 10.5. The maximum absolute atomic E-state index is 12.0. The number of nitrogens with two attached hydrogens (primary N) is 1. The standard InChI is InChI=1S/C16H18N2O4/c1-22-16(21)13-5-3-10-6-12(4-2-11(10)7-13)15(20)18-9-14(19)8-17/h2-7,14,19H,8-9,17H2,1H3,(H,18,20). The molecule has 2 aromatic carbocycles. The van der Waals surface area contributed by atoms with Crippen molar-refractivity contribution in [3.8, 4) is 0 Å². The van der Waals surface area contributed by atoms with Gasteiger partial charge in [-0.25, -0.2) is 4.79 Å². The molecule has 0 saturated heterocycles. The van der Waals surface area contributed by atoms with Crippen molar-refractivity contribution in [3.05, 3.63) is 47.5 Å². The topological polar surface area (TPSA) is 102 Å². The third-order valence-corrected chi connectivity index (χ3v) is 3.29. The van der Waals surface area contributed by atoms with Gasteiger partial charge in [0.15, 0.2) is 0 Å². The largest absolute Gasteiger partial charge is 0.465 e. The van der Waals surface area contributed by atoms with Crippen LogP contribution in [0.5, 0.6) is 0 Å².